The topological polar surface area (TPSA) is 57.7 Å². The molecule has 8 heteroatoms. The summed E-state index contributed by atoms with van der Waals surface area (Å²) in [6.07, 6.45) is 5.33. The Labute approximate surface area is 186 Å². The fourth-order valence-corrected chi connectivity index (χ4v) is 5.01. The maximum absolute atomic E-state index is 13.7. The number of ether oxygens (including phenoxy) is 1. The second-order valence-electron chi connectivity index (χ2n) is 9.12. The molecule has 0 unspecified atom stereocenters. The highest BCUT2D eigenvalue weighted by Crippen LogP contribution is 2.39. The van der Waals surface area contributed by atoms with Crippen LogP contribution < -0.4 is 10.2 Å². The van der Waals surface area contributed by atoms with Gasteiger partial charge >= 0.3 is 0 Å². The zero-order valence-electron chi connectivity index (χ0n) is 18.2. The van der Waals surface area contributed by atoms with Gasteiger partial charge in [-0.1, -0.05) is 12.1 Å². The summed E-state index contributed by atoms with van der Waals surface area (Å²) in [5.41, 5.74) is 3.46. The van der Waals surface area contributed by atoms with Gasteiger partial charge in [0.05, 0.1) is 37.1 Å². The van der Waals surface area contributed by atoms with Crippen molar-refractivity contribution in [1.82, 2.24) is 9.88 Å². The normalized spacial score (nSPS) is 24.5. The summed E-state index contributed by atoms with van der Waals surface area (Å²) in [5.74, 6) is -1.80. The molecule has 3 heterocycles. The van der Waals surface area contributed by atoms with Gasteiger partial charge in [0, 0.05) is 31.3 Å². The lowest BCUT2D eigenvalue weighted by molar-refractivity contribution is -0.133. The minimum absolute atomic E-state index is 0.0507. The van der Waals surface area contributed by atoms with Crippen molar-refractivity contribution in [3.8, 4) is 0 Å². The highest BCUT2D eigenvalue weighted by atomic mass is 19.3. The molecular formula is C24H28F2N4O2. The number of carbonyl (C=O) groups excluding carboxylic acids is 1. The number of likely N-dealkylation sites (tertiary alicyclic amines) is 1. The number of hydrogen-bond donors (Lipinski definition) is 1. The Morgan fingerprint density at radius 3 is 2.72 bits per heavy atom. The average molecular weight is 443 g/mol. The number of amides is 1. The van der Waals surface area contributed by atoms with Gasteiger partial charge in [0.15, 0.2) is 0 Å². The number of methoxy groups -OCH3 is 1. The zero-order chi connectivity index (χ0) is 22.3. The monoisotopic (exact) mass is 442 g/mol. The molecule has 2 fully saturated rings. The molecule has 32 heavy (non-hydrogen) atoms. The summed E-state index contributed by atoms with van der Waals surface area (Å²) < 4.78 is 32.0. The van der Waals surface area contributed by atoms with E-state index in [0.717, 1.165) is 54.0 Å². The van der Waals surface area contributed by atoms with Gasteiger partial charge in [0.2, 0.25) is 5.91 Å². The first-order valence-electron chi connectivity index (χ1n) is 11.2. The second kappa shape index (κ2) is 8.41. The lowest BCUT2D eigenvalue weighted by Gasteiger charge is -2.39. The highest BCUT2D eigenvalue weighted by molar-refractivity contribution is 5.99. The molecule has 0 radical (unpaired) electrons. The van der Waals surface area contributed by atoms with Crippen molar-refractivity contribution >= 4 is 23.1 Å². The summed E-state index contributed by atoms with van der Waals surface area (Å²) in [7, 11) is 1.73. The number of halogens is 2. The van der Waals surface area contributed by atoms with Crippen LogP contribution in [0.3, 0.4) is 0 Å². The first-order chi connectivity index (χ1) is 15.4. The van der Waals surface area contributed by atoms with E-state index in [4.69, 9.17) is 4.74 Å². The van der Waals surface area contributed by atoms with Crippen molar-refractivity contribution in [2.24, 2.45) is 5.92 Å². The Balaban J connectivity index is 1.44. The lowest BCUT2D eigenvalue weighted by atomic mass is 9.86. The number of benzene rings is 1. The van der Waals surface area contributed by atoms with Gasteiger partial charge in [-0.05, 0) is 49.4 Å². The van der Waals surface area contributed by atoms with Crippen molar-refractivity contribution in [2.75, 3.05) is 30.4 Å². The van der Waals surface area contributed by atoms with Crippen molar-refractivity contribution in [2.45, 2.75) is 50.8 Å². The molecule has 2 aromatic rings. The summed E-state index contributed by atoms with van der Waals surface area (Å²) in [6, 6.07) is 9.67. The predicted molar refractivity (Wildman–Crippen MR) is 118 cm³/mol. The Morgan fingerprint density at radius 1 is 1.22 bits per heavy atom. The van der Waals surface area contributed by atoms with E-state index in [1.54, 1.807) is 18.2 Å². The minimum Gasteiger partial charge on any atom is -0.381 e. The maximum atomic E-state index is 13.7. The fraction of sp³-hybridized carbons (Fsp3) is 0.500. The molecule has 1 N–H and O–H groups in total. The standard InChI is InChI=1S/C24H28F2N4O2/c1-32-19-7-5-17(6-8-19)23(31)30-13-18-3-2-10-27-22(18)28-20-9-4-16(11-21(20)30)12-29-14-24(25,26)15-29/h2-4,9-11,17,19H,5-8,12-15H2,1H3,(H,27,28). The Hall–Kier alpha value is -2.58. The first-order valence-corrected chi connectivity index (χ1v) is 11.2. The van der Waals surface area contributed by atoms with Crippen LogP contribution in [-0.2, 0) is 22.6 Å². The van der Waals surface area contributed by atoms with Crippen LogP contribution in [0.4, 0.5) is 26.0 Å². The number of nitrogens with zero attached hydrogens (tertiary/aromatic N) is 3. The van der Waals surface area contributed by atoms with Gasteiger partial charge in [-0.25, -0.2) is 13.8 Å². The van der Waals surface area contributed by atoms with Crippen LogP contribution in [0.5, 0.6) is 0 Å². The predicted octanol–water partition coefficient (Wildman–Crippen LogP) is 4.33. The van der Waals surface area contributed by atoms with Gasteiger partial charge in [0.1, 0.15) is 5.82 Å². The number of rotatable bonds is 4. The van der Waals surface area contributed by atoms with Crippen LogP contribution in [-0.4, -0.2) is 48.0 Å². The molecule has 1 aromatic carbocycles. The maximum Gasteiger partial charge on any atom is 0.272 e. The van der Waals surface area contributed by atoms with E-state index in [0.29, 0.717) is 13.1 Å². The number of fused-ring (bicyclic) bond motifs is 2. The van der Waals surface area contributed by atoms with Crippen molar-refractivity contribution in [3.63, 3.8) is 0 Å². The largest absolute Gasteiger partial charge is 0.381 e. The molecule has 1 amide bonds. The second-order valence-corrected chi connectivity index (χ2v) is 9.12. The SMILES string of the molecule is COC1CCC(C(=O)N2Cc3cccnc3Nc3ccc(CN4CC(F)(F)C4)cc32)CC1. The number of pyridine rings is 1. The molecule has 170 valence electrons. The van der Waals surface area contributed by atoms with Gasteiger partial charge in [0.25, 0.3) is 5.92 Å². The van der Waals surface area contributed by atoms with E-state index < -0.39 is 5.92 Å². The lowest BCUT2D eigenvalue weighted by Crippen LogP contribution is -2.55. The third-order valence-corrected chi connectivity index (χ3v) is 6.76. The summed E-state index contributed by atoms with van der Waals surface area (Å²) in [4.78, 5) is 21.7. The molecule has 6 nitrogen and oxygen atoms in total. The number of carbonyl (C=O) groups is 1. The third kappa shape index (κ3) is 4.21. The molecule has 1 saturated carbocycles. The smallest absolute Gasteiger partial charge is 0.272 e. The third-order valence-electron chi connectivity index (χ3n) is 6.76. The van der Waals surface area contributed by atoms with Gasteiger partial charge in [-0.15, -0.1) is 0 Å². The quantitative estimate of drug-likeness (QED) is 0.764. The molecule has 0 bridgehead atoms. The molecular weight excluding hydrogens is 414 g/mol. The number of alkyl halides is 2. The Morgan fingerprint density at radius 2 is 2.00 bits per heavy atom. The van der Waals surface area contributed by atoms with E-state index in [1.807, 2.05) is 35.2 Å². The summed E-state index contributed by atoms with van der Waals surface area (Å²) >= 11 is 0. The summed E-state index contributed by atoms with van der Waals surface area (Å²) in [6.45, 7) is 0.429. The van der Waals surface area contributed by atoms with Crippen molar-refractivity contribution < 1.29 is 18.3 Å². The Bertz CT molecular complexity index is 999. The van der Waals surface area contributed by atoms with Gasteiger partial charge in [-0.3, -0.25) is 9.69 Å². The molecule has 1 aliphatic carbocycles. The summed E-state index contributed by atoms with van der Waals surface area (Å²) in [5, 5.41) is 3.37. The zero-order valence-corrected chi connectivity index (χ0v) is 18.2. The van der Waals surface area contributed by atoms with Crippen LogP contribution in [0.15, 0.2) is 36.5 Å². The van der Waals surface area contributed by atoms with E-state index in [-0.39, 0.29) is 31.0 Å². The molecule has 1 aromatic heterocycles. The van der Waals surface area contributed by atoms with E-state index in [2.05, 4.69) is 10.3 Å². The number of anilines is 3. The average Bonchev–Trinajstić information content (AvgIpc) is 2.94. The van der Waals surface area contributed by atoms with E-state index in [1.165, 1.54) is 0 Å². The molecule has 3 aliphatic rings. The minimum atomic E-state index is -2.59. The van der Waals surface area contributed by atoms with Crippen LogP contribution in [0.25, 0.3) is 0 Å². The van der Waals surface area contributed by atoms with Crippen molar-refractivity contribution in [1.29, 1.82) is 0 Å². The van der Waals surface area contributed by atoms with Crippen molar-refractivity contribution in [3.05, 3.63) is 47.7 Å². The Kier molecular flexibility index (Phi) is 5.59. The molecule has 0 atom stereocenters. The number of nitrogens with one attached hydrogen (secondary N) is 1. The number of aromatic nitrogens is 1. The number of hydrogen-bond acceptors (Lipinski definition) is 5. The molecule has 1 saturated heterocycles. The molecule has 0 spiro atoms. The highest BCUT2D eigenvalue weighted by Gasteiger charge is 2.43. The van der Waals surface area contributed by atoms with Crippen LogP contribution in [0, 0.1) is 5.92 Å². The van der Waals surface area contributed by atoms with Crippen LogP contribution >= 0.6 is 0 Å². The van der Waals surface area contributed by atoms with Gasteiger partial charge in [-0.2, -0.15) is 0 Å². The van der Waals surface area contributed by atoms with Crippen LogP contribution in [0.2, 0.25) is 0 Å². The fourth-order valence-electron chi connectivity index (χ4n) is 5.01. The van der Waals surface area contributed by atoms with E-state index >= 15 is 0 Å². The van der Waals surface area contributed by atoms with E-state index in [9.17, 15) is 13.6 Å². The first kappa shape index (κ1) is 21.3. The van der Waals surface area contributed by atoms with Crippen LogP contribution in [0.1, 0.15) is 36.8 Å². The molecule has 2 aliphatic heterocycles. The molecule has 5 rings (SSSR count). The van der Waals surface area contributed by atoms with Gasteiger partial charge < -0.3 is 15.0 Å².